The van der Waals surface area contributed by atoms with Gasteiger partial charge in [0.15, 0.2) is 0 Å². The van der Waals surface area contributed by atoms with Crippen LogP contribution >= 0.6 is 11.8 Å². The van der Waals surface area contributed by atoms with E-state index < -0.39 is 0 Å². The molecule has 0 aliphatic heterocycles. The number of carbonyl (C=O) groups is 2. The zero-order valence-electron chi connectivity index (χ0n) is 12.7. The third-order valence-corrected chi connectivity index (χ3v) is 3.36. The second kappa shape index (κ2) is 14.4. The Hall–Kier alpha value is -1.03. The van der Waals surface area contributed by atoms with Crippen LogP contribution in [0.3, 0.4) is 0 Å². The highest BCUT2D eigenvalue weighted by Crippen LogP contribution is 2.05. The average Bonchev–Trinajstić information content (AvgIpc) is 2.44. The molecule has 0 unspecified atom stereocenters. The Kier molecular flexibility index (Phi) is 13.6. The molecule has 0 aromatic rings. The van der Waals surface area contributed by atoms with Crippen molar-refractivity contribution in [1.29, 1.82) is 0 Å². The van der Waals surface area contributed by atoms with Crippen molar-refractivity contribution in [3.63, 3.8) is 0 Å². The molecule has 0 saturated carbocycles. The molecule has 0 aromatic heterocycles. The van der Waals surface area contributed by atoms with Crippen LogP contribution in [0.2, 0.25) is 0 Å². The lowest BCUT2D eigenvalue weighted by Gasteiger charge is -2.02. The Morgan fingerprint density at radius 3 is 2.40 bits per heavy atom. The molecule has 0 fully saturated rings. The summed E-state index contributed by atoms with van der Waals surface area (Å²) in [5.74, 6) is -0.127. The number of hydrogen-bond acceptors (Lipinski definition) is 3. The van der Waals surface area contributed by atoms with Crippen molar-refractivity contribution >= 4 is 22.8 Å². The van der Waals surface area contributed by atoms with Crippen LogP contribution in [-0.2, 0) is 9.59 Å². The first-order valence-electron chi connectivity index (χ1n) is 7.52. The molecule has 0 aliphatic carbocycles. The van der Waals surface area contributed by atoms with Crippen LogP contribution in [0.15, 0.2) is 23.6 Å². The summed E-state index contributed by atoms with van der Waals surface area (Å²) in [6, 6.07) is 0. The Balaban J connectivity index is 3.53. The standard InChI is InChI=1S/C16H27NO2S/c1-3-5-7-8-9-10-13-17-15(18)12-14-20-16(19)11-6-4-2/h6,11-12,14H,3-5,7-10,13H2,1-2H3,(H,17,18). The van der Waals surface area contributed by atoms with Gasteiger partial charge in [-0.1, -0.05) is 63.8 Å². The predicted molar refractivity (Wildman–Crippen MR) is 87.6 cm³/mol. The summed E-state index contributed by atoms with van der Waals surface area (Å²) in [5.41, 5.74) is 0. The van der Waals surface area contributed by atoms with Crippen LogP contribution in [-0.4, -0.2) is 17.6 Å². The molecular weight excluding hydrogens is 270 g/mol. The molecule has 0 aromatic carbocycles. The number of nitrogens with one attached hydrogen (secondary N) is 1. The quantitative estimate of drug-likeness (QED) is 0.459. The minimum Gasteiger partial charge on any atom is -0.353 e. The fraction of sp³-hybridized carbons (Fsp3) is 0.625. The van der Waals surface area contributed by atoms with Gasteiger partial charge >= 0.3 is 0 Å². The summed E-state index contributed by atoms with van der Waals surface area (Å²) >= 11 is 1.03. The molecule has 0 saturated heterocycles. The van der Waals surface area contributed by atoms with Crippen molar-refractivity contribution in [3.05, 3.63) is 23.6 Å². The topological polar surface area (TPSA) is 46.2 Å². The first-order valence-corrected chi connectivity index (χ1v) is 8.40. The van der Waals surface area contributed by atoms with Crippen molar-refractivity contribution in [1.82, 2.24) is 5.32 Å². The lowest BCUT2D eigenvalue weighted by molar-refractivity contribution is -0.116. The lowest BCUT2D eigenvalue weighted by Crippen LogP contribution is -2.21. The molecule has 0 bridgehead atoms. The van der Waals surface area contributed by atoms with Gasteiger partial charge in [-0.25, -0.2) is 0 Å². The third-order valence-electron chi connectivity index (χ3n) is 2.72. The molecular formula is C16H27NO2S. The van der Waals surface area contributed by atoms with Crippen LogP contribution in [0.5, 0.6) is 0 Å². The minimum atomic E-state index is -0.127. The van der Waals surface area contributed by atoms with Gasteiger partial charge in [-0.3, -0.25) is 9.59 Å². The fourth-order valence-corrected chi connectivity index (χ4v) is 2.09. The molecule has 0 atom stereocenters. The van der Waals surface area contributed by atoms with Crippen LogP contribution in [0.4, 0.5) is 0 Å². The molecule has 4 heteroatoms. The second-order valence-corrected chi connectivity index (χ2v) is 5.52. The van der Waals surface area contributed by atoms with E-state index in [0.717, 1.165) is 24.6 Å². The van der Waals surface area contributed by atoms with E-state index in [1.807, 2.05) is 13.0 Å². The minimum absolute atomic E-state index is 0.0492. The van der Waals surface area contributed by atoms with Crippen molar-refractivity contribution < 1.29 is 9.59 Å². The summed E-state index contributed by atoms with van der Waals surface area (Å²) in [4.78, 5) is 22.7. The smallest absolute Gasteiger partial charge is 0.244 e. The summed E-state index contributed by atoms with van der Waals surface area (Å²) < 4.78 is 0. The number of hydrogen-bond donors (Lipinski definition) is 1. The van der Waals surface area contributed by atoms with Crippen molar-refractivity contribution in [3.8, 4) is 0 Å². The summed E-state index contributed by atoms with van der Waals surface area (Å²) in [6.45, 7) is 4.89. The van der Waals surface area contributed by atoms with E-state index in [1.165, 1.54) is 44.3 Å². The van der Waals surface area contributed by atoms with E-state index in [-0.39, 0.29) is 11.0 Å². The third kappa shape index (κ3) is 13.4. The SMILES string of the molecule is CCC=CC(=O)SC=CC(=O)NCCCCCCCC. The number of unbranched alkanes of at least 4 members (excludes halogenated alkanes) is 5. The molecule has 3 nitrogen and oxygen atoms in total. The molecule has 20 heavy (non-hydrogen) atoms. The molecule has 1 N–H and O–H groups in total. The van der Waals surface area contributed by atoms with Gasteiger partial charge in [0.05, 0.1) is 0 Å². The van der Waals surface area contributed by atoms with Gasteiger partial charge in [0.1, 0.15) is 0 Å². The van der Waals surface area contributed by atoms with Gasteiger partial charge in [-0.05, 0) is 24.3 Å². The maximum Gasteiger partial charge on any atom is 0.244 e. The number of thioether (sulfide) groups is 1. The number of allylic oxidation sites excluding steroid dienone is 1. The first kappa shape index (κ1) is 19.0. The Bertz CT molecular complexity index is 324. The van der Waals surface area contributed by atoms with Gasteiger partial charge < -0.3 is 5.32 Å². The summed E-state index contributed by atoms with van der Waals surface area (Å²) in [6.07, 6.45) is 12.9. The van der Waals surface area contributed by atoms with E-state index >= 15 is 0 Å². The molecule has 114 valence electrons. The highest BCUT2D eigenvalue weighted by Gasteiger charge is 1.96. The molecule has 0 spiro atoms. The predicted octanol–water partition coefficient (Wildman–Crippen LogP) is 4.20. The fourth-order valence-electron chi connectivity index (χ4n) is 1.59. The van der Waals surface area contributed by atoms with E-state index in [2.05, 4.69) is 12.2 Å². The number of rotatable bonds is 11. The van der Waals surface area contributed by atoms with Crippen molar-refractivity contribution in [2.75, 3.05) is 6.54 Å². The monoisotopic (exact) mass is 297 g/mol. The van der Waals surface area contributed by atoms with Crippen LogP contribution in [0, 0.1) is 0 Å². The first-order chi connectivity index (χ1) is 9.70. The number of amides is 1. The Morgan fingerprint density at radius 2 is 1.70 bits per heavy atom. The molecule has 0 radical (unpaired) electrons. The average molecular weight is 297 g/mol. The molecule has 0 heterocycles. The second-order valence-electron chi connectivity index (χ2n) is 4.61. The van der Waals surface area contributed by atoms with Crippen LogP contribution in [0.1, 0.15) is 58.8 Å². The van der Waals surface area contributed by atoms with Gasteiger partial charge in [-0.2, -0.15) is 0 Å². The van der Waals surface area contributed by atoms with E-state index in [4.69, 9.17) is 0 Å². The highest BCUT2D eigenvalue weighted by molar-refractivity contribution is 8.16. The molecule has 1 amide bonds. The van der Waals surface area contributed by atoms with E-state index in [0.29, 0.717) is 6.54 Å². The zero-order valence-corrected chi connectivity index (χ0v) is 13.5. The van der Waals surface area contributed by atoms with Gasteiger partial charge in [0, 0.05) is 12.6 Å². The normalized spacial score (nSPS) is 11.3. The van der Waals surface area contributed by atoms with Crippen molar-refractivity contribution in [2.24, 2.45) is 0 Å². The Morgan fingerprint density at radius 1 is 1.00 bits per heavy atom. The highest BCUT2D eigenvalue weighted by atomic mass is 32.2. The largest absolute Gasteiger partial charge is 0.353 e. The van der Waals surface area contributed by atoms with Gasteiger partial charge in [0.25, 0.3) is 0 Å². The van der Waals surface area contributed by atoms with Crippen LogP contribution in [0.25, 0.3) is 0 Å². The van der Waals surface area contributed by atoms with Crippen molar-refractivity contribution in [2.45, 2.75) is 58.8 Å². The van der Waals surface area contributed by atoms with E-state index in [1.54, 1.807) is 5.41 Å². The van der Waals surface area contributed by atoms with E-state index in [9.17, 15) is 9.59 Å². The van der Waals surface area contributed by atoms with Gasteiger partial charge in [-0.15, -0.1) is 0 Å². The van der Waals surface area contributed by atoms with Crippen LogP contribution < -0.4 is 5.32 Å². The van der Waals surface area contributed by atoms with Gasteiger partial charge in [0.2, 0.25) is 11.0 Å². The molecule has 0 rings (SSSR count). The maximum atomic E-state index is 11.4. The molecule has 0 aliphatic rings. The summed E-state index contributed by atoms with van der Waals surface area (Å²) in [5, 5.41) is 4.31. The Labute approximate surface area is 127 Å². The summed E-state index contributed by atoms with van der Waals surface area (Å²) in [7, 11) is 0. The number of carbonyl (C=O) groups excluding carboxylic acids is 2. The zero-order chi connectivity index (χ0) is 15.1. The maximum absolute atomic E-state index is 11.4. The lowest BCUT2D eigenvalue weighted by atomic mass is 10.1.